The van der Waals surface area contributed by atoms with Gasteiger partial charge in [-0.2, -0.15) is 28.1 Å². The lowest BCUT2D eigenvalue weighted by molar-refractivity contribution is -0.137. The normalized spacial score (nSPS) is 11.4. The van der Waals surface area contributed by atoms with E-state index in [1.54, 1.807) is 0 Å². The number of para-hydroxylation sites is 1. The van der Waals surface area contributed by atoms with Gasteiger partial charge in [0.15, 0.2) is 0 Å². The van der Waals surface area contributed by atoms with Crippen molar-refractivity contribution >= 4 is 29.3 Å². The Labute approximate surface area is 157 Å². The number of aryl methyl sites for hydroxylation is 1. The molecule has 0 unspecified atom stereocenters. The van der Waals surface area contributed by atoms with Crippen molar-refractivity contribution in [3.05, 3.63) is 59.5 Å². The Morgan fingerprint density at radius 1 is 1.07 bits per heavy atom. The van der Waals surface area contributed by atoms with Crippen LogP contribution in [0.15, 0.2) is 47.6 Å². The first-order valence-electron chi connectivity index (χ1n) is 7.80. The molecule has 0 radical (unpaired) electrons. The summed E-state index contributed by atoms with van der Waals surface area (Å²) >= 11 is 1.21. The number of aromatic nitrogens is 4. The molecule has 0 amide bonds. The average molecular weight is 392 g/mol. The van der Waals surface area contributed by atoms with Gasteiger partial charge in [0.1, 0.15) is 5.82 Å². The molecule has 0 fully saturated rings. The van der Waals surface area contributed by atoms with Crippen LogP contribution in [0.1, 0.15) is 17.0 Å². The Bertz CT molecular complexity index is 931. The molecule has 0 bridgehead atoms. The third kappa shape index (κ3) is 5.07. The molecule has 0 saturated carbocycles. The van der Waals surface area contributed by atoms with E-state index in [0.717, 1.165) is 23.5 Å². The number of nitrogens with two attached hydrogens (primary N) is 1. The highest BCUT2D eigenvalue weighted by Gasteiger charge is 2.30. The number of anilines is 3. The summed E-state index contributed by atoms with van der Waals surface area (Å²) < 4.78 is 37.7. The van der Waals surface area contributed by atoms with Crippen LogP contribution in [0, 0.1) is 6.92 Å². The van der Waals surface area contributed by atoms with E-state index in [1.165, 1.54) is 17.8 Å². The maximum atomic E-state index is 12.6. The summed E-state index contributed by atoms with van der Waals surface area (Å²) in [5, 5.41) is 3.51. The van der Waals surface area contributed by atoms with Crippen LogP contribution < -0.4 is 11.1 Å². The van der Waals surface area contributed by atoms with Crippen molar-refractivity contribution in [3.63, 3.8) is 0 Å². The maximum absolute atomic E-state index is 12.6. The third-order valence-corrected chi connectivity index (χ3v) is 4.44. The molecule has 1 aromatic carbocycles. The zero-order chi connectivity index (χ0) is 19.4. The van der Waals surface area contributed by atoms with E-state index in [-0.39, 0.29) is 11.7 Å². The number of nitrogens with one attached hydrogen (secondary N) is 1. The number of nitrogen functional groups attached to an aromatic ring is 1. The maximum Gasteiger partial charge on any atom is 0.417 e. The molecule has 3 N–H and O–H groups in total. The second-order valence-corrected chi connectivity index (χ2v) is 6.54. The smallest absolute Gasteiger partial charge is 0.368 e. The van der Waals surface area contributed by atoms with E-state index in [2.05, 4.69) is 25.3 Å². The molecule has 0 atom stereocenters. The summed E-state index contributed by atoms with van der Waals surface area (Å²) in [5.41, 5.74) is 6.80. The van der Waals surface area contributed by atoms with Crippen LogP contribution in [0.5, 0.6) is 0 Å². The Balaban J connectivity index is 1.70. The Kier molecular flexibility index (Phi) is 5.45. The monoisotopic (exact) mass is 392 g/mol. The Morgan fingerprint density at radius 3 is 2.52 bits per heavy atom. The van der Waals surface area contributed by atoms with Crippen LogP contribution >= 0.6 is 11.8 Å². The summed E-state index contributed by atoms with van der Waals surface area (Å²) in [6.45, 7) is 1.94. The standard InChI is InChI=1S/C17H15F3N6S/c1-10-4-2-3-5-12(10)23-16-25-13(24-15(21)26-16)9-27-14-7-6-11(8-22-14)17(18,19)20/h2-8H,9H2,1H3,(H3,21,23,24,25,26). The van der Waals surface area contributed by atoms with Crippen LogP contribution in [0.2, 0.25) is 0 Å². The van der Waals surface area contributed by atoms with E-state index in [0.29, 0.717) is 16.8 Å². The molecule has 0 aliphatic carbocycles. The van der Waals surface area contributed by atoms with Gasteiger partial charge in [0, 0.05) is 11.9 Å². The van der Waals surface area contributed by atoms with Gasteiger partial charge in [-0.05, 0) is 30.7 Å². The van der Waals surface area contributed by atoms with E-state index in [4.69, 9.17) is 5.73 Å². The first-order valence-corrected chi connectivity index (χ1v) is 8.79. The number of hydrogen-bond donors (Lipinski definition) is 2. The van der Waals surface area contributed by atoms with Gasteiger partial charge in [0.25, 0.3) is 0 Å². The molecule has 10 heteroatoms. The van der Waals surface area contributed by atoms with Gasteiger partial charge in [0.2, 0.25) is 11.9 Å². The highest BCUT2D eigenvalue weighted by atomic mass is 32.2. The minimum absolute atomic E-state index is 0.0528. The van der Waals surface area contributed by atoms with Crippen LogP contribution in [-0.4, -0.2) is 19.9 Å². The predicted octanol–water partition coefficient (Wildman–Crippen LogP) is 4.21. The Hall–Kier alpha value is -2.88. The van der Waals surface area contributed by atoms with Crippen molar-refractivity contribution in [3.8, 4) is 0 Å². The fourth-order valence-electron chi connectivity index (χ4n) is 2.16. The van der Waals surface area contributed by atoms with Gasteiger partial charge in [-0.15, -0.1) is 0 Å². The molecule has 140 valence electrons. The fourth-order valence-corrected chi connectivity index (χ4v) is 2.86. The summed E-state index contributed by atoms with van der Waals surface area (Å²) in [6.07, 6.45) is -3.61. The highest BCUT2D eigenvalue weighted by Crippen LogP contribution is 2.30. The number of nitrogens with zero attached hydrogens (tertiary/aromatic N) is 4. The molecule has 6 nitrogen and oxygen atoms in total. The first-order chi connectivity index (χ1) is 12.8. The molecule has 2 aromatic heterocycles. The minimum Gasteiger partial charge on any atom is -0.368 e. The molecule has 3 aromatic rings. The fraction of sp³-hybridized carbons (Fsp3) is 0.176. The van der Waals surface area contributed by atoms with Gasteiger partial charge in [-0.25, -0.2) is 4.98 Å². The van der Waals surface area contributed by atoms with Crippen LogP contribution in [0.25, 0.3) is 0 Å². The second kappa shape index (κ2) is 7.78. The lowest BCUT2D eigenvalue weighted by atomic mass is 10.2. The number of pyridine rings is 1. The Morgan fingerprint density at radius 2 is 1.85 bits per heavy atom. The van der Waals surface area contributed by atoms with Gasteiger partial charge in [0.05, 0.1) is 16.3 Å². The average Bonchev–Trinajstić information content (AvgIpc) is 2.61. The predicted molar refractivity (Wildman–Crippen MR) is 97.5 cm³/mol. The summed E-state index contributed by atoms with van der Waals surface area (Å²) in [5.74, 6) is 1.03. The molecular formula is C17H15F3N6S. The van der Waals surface area contributed by atoms with Gasteiger partial charge >= 0.3 is 6.18 Å². The summed E-state index contributed by atoms with van der Waals surface area (Å²) in [7, 11) is 0. The SMILES string of the molecule is Cc1ccccc1Nc1nc(N)nc(CSc2ccc(C(F)(F)F)cn2)n1. The summed E-state index contributed by atoms with van der Waals surface area (Å²) in [4.78, 5) is 16.2. The van der Waals surface area contributed by atoms with Gasteiger partial charge in [-0.1, -0.05) is 30.0 Å². The minimum atomic E-state index is -4.41. The molecule has 2 heterocycles. The molecule has 0 spiro atoms. The largest absolute Gasteiger partial charge is 0.417 e. The van der Waals surface area contributed by atoms with Crippen molar-refractivity contribution in [2.45, 2.75) is 23.9 Å². The molecule has 0 saturated heterocycles. The molecule has 27 heavy (non-hydrogen) atoms. The summed E-state index contributed by atoms with van der Waals surface area (Å²) in [6, 6.07) is 9.93. The van der Waals surface area contributed by atoms with E-state index in [1.807, 2.05) is 31.2 Å². The lowest BCUT2D eigenvalue weighted by Crippen LogP contribution is -2.07. The van der Waals surface area contributed by atoms with E-state index in [9.17, 15) is 13.2 Å². The third-order valence-electron chi connectivity index (χ3n) is 3.50. The van der Waals surface area contributed by atoms with E-state index >= 15 is 0 Å². The van der Waals surface area contributed by atoms with Crippen LogP contribution in [-0.2, 0) is 11.9 Å². The molecule has 3 rings (SSSR count). The number of rotatable bonds is 5. The molecule has 0 aliphatic rings. The lowest BCUT2D eigenvalue weighted by Gasteiger charge is -2.09. The number of thioether (sulfide) groups is 1. The molecular weight excluding hydrogens is 377 g/mol. The van der Waals surface area contributed by atoms with Crippen molar-refractivity contribution in [1.29, 1.82) is 0 Å². The van der Waals surface area contributed by atoms with Crippen molar-refractivity contribution in [2.24, 2.45) is 0 Å². The number of hydrogen-bond acceptors (Lipinski definition) is 7. The van der Waals surface area contributed by atoms with Gasteiger partial charge in [-0.3, -0.25) is 0 Å². The number of halogens is 3. The molecule has 0 aliphatic heterocycles. The quantitative estimate of drug-likeness (QED) is 0.629. The van der Waals surface area contributed by atoms with Crippen molar-refractivity contribution in [2.75, 3.05) is 11.1 Å². The first kappa shape index (κ1) is 18.9. The van der Waals surface area contributed by atoms with Crippen LogP contribution in [0.3, 0.4) is 0 Å². The zero-order valence-corrected chi connectivity index (χ0v) is 15.0. The second-order valence-electron chi connectivity index (χ2n) is 5.54. The number of alkyl halides is 3. The zero-order valence-electron chi connectivity index (χ0n) is 14.2. The van der Waals surface area contributed by atoms with E-state index < -0.39 is 11.7 Å². The van der Waals surface area contributed by atoms with Gasteiger partial charge < -0.3 is 11.1 Å². The highest BCUT2D eigenvalue weighted by molar-refractivity contribution is 7.98. The van der Waals surface area contributed by atoms with Crippen LogP contribution in [0.4, 0.5) is 30.8 Å². The number of benzene rings is 1. The topological polar surface area (TPSA) is 89.6 Å². The van der Waals surface area contributed by atoms with Crippen molar-refractivity contribution in [1.82, 2.24) is 19.9 Å². The van der Waals surface area contributed by atoms with Crippen molar-refractivity contribution < 1.29 is 13.2 Å².